The van der Waals surface area contributed by atoms with Gasteiger partial charge in [0, 0.05) is 35.0 Å². The van der Waals surface area contributed by atoms with E-state index in [0.29, 0.717) is 11.1 Å². The summed E-state index contributed by atoms with van der Waals surface area (Å²) in [6, 6.07) is 2.00. The van der Waals surface area contributed by atoms with Crippen molar-refractivity contribution in [3.63, 3.8) is 0 Å². The van der Waals surface area contributed by atoms with Crippen molar-refractivity contribution in [1.29, 1.82) is 0 Å². The number of carbonyl (C=O) groups excluding carboxylic acids is 4. The second-order valence-electron chi connectivity index (χ2n) is 7.30. The minimum absolute atomic E-state index is 0.0660. The first-order chi connectivity index (χ1) is 16.7. The van der Waals surface area contributed by atoms with E-state index in [0.717, 1.165) is 16.4 Å². The number of pyridine rings is 1. The molecule has 0 spiro atoms. The predicted molar refractivity (Wildman–Crippen MR) is 120 cm³/mol. The largest absolute Gasteiger partial charge is 0.543 e. The Bertz CT molecular complexity index is 1270. The fourth-order valence-corrected chi connectivity index (χ4v) is 5.33. The number of fused-ring (bicyclic) bond motifs is 1. The predicted octanol–water partition coefficient (Wildman–Crippen LogP) is -3.04. The third-order valence-corrected chi connectivity index (χ3v) is 7.01. The molecule has 14 nitrogen and oxygen atoms in total. The maximum atomic E-state index is 12.9. The van der Waals surface area contributed by atoms with E-state index in [9.17, 15) is 24.3 Å². The van der Waals surface area contributed by atoms with Crippen LogP contribution in [0.3, 0.4) is 0 Å². The monoisotopic (exact) mass is 518 g/mol. The number of primary amides is 1. The summed E-state index contributed by atoms with van der Waals surface area (Å²) in [5.74, 6) is -3.31. The van der Waals surface area contributed by atoms with Gasteiger partial charge < -0.3 is 31.5 Å². The van der Waals surface area contributed by atoms with Crippen LogP contribution in [-0.2, 0) is 25.8 Å². The van der Waals surface area contributed by atoms with Gasteiger partial charge in [-0.1, -0.05) is 5.16 Å². The number of amides is 3. The lowest BCUT2D eigenvalue weighted by Gasteiger charge is -2.50. The number of anilines is 1. The highest BCUT2D eigenvalue weighted by Gasteiger charge is 2.53. The highest BCUT2D eigenvalue weighted by molar-refractivity contribution is 8.00. The van der Waals surface area contributed by atoms with E-state index in [1.165, 1.54) is 31.0 Å². The molecule has 2 aromatic rings. The maximum Gasteiger partial charge on any atom is 0.278 e. The number of carbonyl (C=O) groups is 4. The average molecular weight is 519 g/mol. The third-order valence-electron chi connectivity index (χ3n) is 5.13. The summed E-state index contributed by atoms with van der Waals surface area (Å²) in [5.41, 5.74) is 11.0. The van der Waals surface area contributed by atoms with Gasteiger partial charge in [0.25, 0.3) is 11.8 Å². The summed E-state index contributed by atoms with van der Waals surface area (Å²) < 4.78 is 5.57. The van der Waals surface area contributed by atoms with Gasteiger partial charge >= 0.3 is 0 Å². The van der Waals surface area contributed by atoms with Crippen molar-refractivity contribution in [3.8, 4) is 0 Å². The van der Waals surface area contributed by atoms with Gasteiger partial charge in [0.2, 0.25) is 17.4 Å². The van der Waals surface area contributed by atoms with Crippen LogP contribution in [0.1, 0.15) is 16.2 Å². The van der Waals surface area contributed by atoms with Crippen LogP contribution in [0, 0.1) is 0 Å². The van der Waals surface area contributed by atoms with Gasteiger partial charge in [-0.15, -0.1) is 11.8 Å². The summed E-state index contributed by atoms with van der Waals surface area (Å²) in [4.78, 5) is 58.5. The fraction of sp³-hybridized carbons (Fsp3) is 0.263. The number of aromatic nitrogens is 3. The zero-order chi connectivity index (χ0) is 25.3. The van der Waals surface area contributed by atoms with Crippen molar-refractivity contribution in [3.05, 3.63) is 47.2 Å². The standard InChI is InChI=1S/C19H18N8O6S2/c1-33-24-10(14-23-19(21)35-25-14)15(29)22-11-16(30)27-12(18(31)32)9(7-34-17(11)27)6-26-4-2-8(3-5-26)13(20)28/h2-5,11,17H,6-7H2,1H3,(H5-,20,21,22,23,25,28,29,31,32)/b24-10+/t11-,17-/m1/s1. The SMILES string of the molecule is CO/N=C(/C(=O)N[C@@H]1C(=O)N2C(C(=O)[O-])=C(C[n+]3ccc(C(N)=O)cc3)CS[C@H]12)c1nsc(N)n1. The van der Waals surface area contributed by atoms with Crippen LogP contribution in [0.2, 0.25) is 0 Å². The molecule has 2 atom stereocenters. The fourth-order valence-electron chi connectivity index (χ4n) is 3.56. The third kappa shape index (κ3) is 4.65. The number of carboxylic acids is 1. The summed E-state index contributed by atoms with van der Waals surface area (Å²) in [6.07, 6.45) is 3.15. The molecule has 1 saturated heterocycles. The Balaban J connectivity index is 1.52. The van der Waals surface area contributed by atoms with Crippen LogP contribution in [0.25, 0.3) is 0 Å². The molecule has 0 radical (unpaired) electrons. The van der Waals surface area contributed by atoms with Crippen molar-refractivity contribution >= 4 is 57.8 Å². The normalized spacial score (nSPS) is 19.6. The van der Waals surface area contributed by atoms with Gasteiger partial charge in [0.05, 0.1) is 17.2 Å². The highest BCUT2D eigenvalue weighted by atomic mass is 32.2. The molecule has 5 N–H and O–H groups in total. The molecule has 0 saturated carbocycles. The molecule has 3 amide bonds. The molecule has 16 heteroatoms. The van der Waals surface area contributed by atoms with E-state index in [2.05, 4.69) is 24.7 Å². The number of hydrogen-bond donors (Lipinski definition) is 3. The molecule has 182 valence electrons. The molecule has 0 unspecified atom stereocenters. The summed E-state index contributed by atoms with van der Waals surface area (Å²) in [6.45, 7) is 0.143. The van der Waals surface area contributed by atoms with Crippen molar-refractivity contribution in [2.24, 2.45) is 10.9 Å². The summed E-state index contributed by atoms with van der Waals surface area (Å²) in [5, 5.41) is 17.6. The quantitative estimate of drug-likeness (QED) is 0.139. The Morgan fingerprint density at radius 1 is 1.37 bits per heavy atom. The molecule has 4 rings (SSSR count). The van der Waals surface area contributed by atoms with Crippen molar-refractivity contribution in [1.82, 2.24) is 19.6 Å². The van der Waals surface area contributed by atoms with E-state index < -0.39 is 35.1 Å². The highest BCUT2D eigenvalue weighted by Crippen LogP contribution is 2.40. The van der Waals surface area contributed by atoms with E-state index in [1.54, 1.807) is 17.0 Å². The van der Waals surface area contributed by atoms with Gasteiger partial charge in [-0.25, -0.2) is 4.57 Å². The average Bonchev–Trinajstić information content (AvgIpc) is 3.26. The molecule has 35 heavy (non-hydrogen) atoms. The molecular weight excluding hydrogens is 500 g/mol. The minimum Gasteiger partial charge on any atom is -0.543 e. The summed E-state index contributed by atoms with van der Waals surface area (Å²) in [7, 11) is 1.23. The van der Waals surface area contributed by atoms with E-state index in [-0.39, 0.29) is 34.7 Å². The smallest absolute Gasteiger partial charge is 0.278 e. The first-order valence-electron chi connectivity index (χ1n) is 9.89. The van der Waals surface area contributed by atoms with Crippen LogP contribution < -0.4 is 26.5 Å². The van der Waals surface area contributed by atoms with Crippen LogP contribution >= 0.6 is 23.3 Å². The topological polar surface area (TPSA) is 210 Å². The number of thioether (sulfide) groups is 1. The van der Waals surface area contributed by atoms with Crippen molar-refractivity contribution in [2.45, 2.75) is 18.0 Å². The van der Waals surface area contributed by atoms with E-state index in [4.69, 9.17) is 11.5 Å². The van der Waals surface area contributed by atoms with Gasteiger partial charge in [0.1, 0.15) is 18.5 Å². The van der Waals surface area contributed by atoms with Gasteiger partial charge in [-0.2, -0.15) is 9.36 Å². The number of aliphatic carboxylic acids is 1. The molecule has 2 aliphatic rings. The lowest BCUT2D eigenvalue weighted by atomic mass is 10.0. The Morgan fingerprint density at radius 2 is 2.09 bits per heavy atom. The Labute approximate surface area is 205 Å². The van der Waals surface area contributed by atoms with E-state index in [1.807, 2.05) is 0 Å². The molecule has 0 aliphatic carbocycles. The molecule has 2 aromatic heterocycles. The van der Waals surface area contributed by atoms with Crippen LogP contribution in [-0.4, -0.2) is 67.9 Å². The number of rotatable bonds is 8. The van der Waals surface area contributed by atoms with E-state index >= 15 is 0 Å². The van der Waals surface area contributed by atoms with Gasteiger partial charge in [0.15, 0.2) is 24.1 Å². The number of carboxylic acid groups (broad SMARTS) is 1. The molecule has 2 aliphatic heterocycles. The second kappa shape index (κ2) is 9.67. The number of β-lactam (4-membered cyclic amide) rings is 1. The lowest BCUT2D eigenvalue weighted by Crippen LogP contribution is -2.71. The zero-order valence-electron chi connectivity index (χ0n) is 18.0. The van der Waals surface area contributed by atoms with Crippen molar-refractivity contribution in [2.75, 3.05) is 18.6 Å². The molecule has 4 heterocycles. The van der Waals surface area contributed by atoms with Crippen LogP contribution in [0.5, 0.6) is 0 Å². The number of nitrogen functional groups attached to an aromatic ring is 1. The molecule has 0 aromatic carbocycles. The first kappa shape index (κ1) is 24.1. The molecular formula is C19H18N8O6S2. The number of nitrogens with two attached hydrogens (primary N) is 2. The first-order valence-corrected chi connectivity index (χ1v) is 11.7. The minimum atomic E-state index is -1.51. The Kier molecular flexibility index (Phi) is 6.65. The van der Waals surface area contributed by atoms with Crippen LogP contribution in [0.15, 0.2) is 41.0 Å². The number of nitrogens with one attached hydrogen (secondary N) is 1. The molecule has 0 bridgehead atoms. The zero-order valence-corrected chi connectivity index (χ0v) is 19.7. The summed E-state index contributed by atoms with van der Waals surface area (Å²) >= 11 is 2.14. The molecule has 1 fully saturated rings. The van der Waals surface area contributed by atoms with Crippen LogP contribution in [0.4, 0.5) is 5.13 Å². The van der Waals surface area contributed by atoms with Gasteiger partial charge in [-0.05, 0) is 0 Å². The Morgan fingerprint density at radius 3 is 2.66 bits per heavy atom. The number of hydrogen-bond acceptors (Lipinski definition) is 12. The van der Waals surface area contributed by atoms with Crippen molar-refractivity contribution < 1.29 is 33.7 Å². The number of nitrogens with zero attached hydrogens (tertiary/aromatic N) is 5. The lowest BCUT2D eigenvalue weighted by molar-refractivity contribution is -0.689. The maximum absolute atomic E-state index is 12.9. The van der Waals surface area contributed by atoms with Gasteiger partial charge in [-0.3, -0.25) is 19.3 Å². The second-order valence-corrected chi connectivity index (χ2v) is 9.19. The Hall–Kier alpha value is -4.05. The number of oxime groups is 1.